The molecule has 1 heterocycles. The molecule has 19 heavy (non-hydrogen) atoms. The predicted octanol–water partition coefficient (Wildman–Crippen LogP) is 3.32. The summed E-state index contributed by atoms with van der Waals surface area (Å²) in [5.74, 6) is 0. The van der Waals surface area contributed by atoms with Crippen molar-refractivity contribution in [2.24, 2.45) is 5.73 Å². The lowest BCUT2D eigenvalue weighted by Gasteiger charge is -2.27. The molecule has 100 valence electrons. The molecule has 0 spiro atoms. The summed E-state index contributed by atoms with van der Waals surface area (Å²) in [4.78, 5) is 2.54. The molecule has 1 aliphatic heterocycles. The van der Waals surface area contributed by atoms with Crippen molar-refractivity contribution in [2.75, 3.05) is 13.1 Å². The van der Waals surface area contributed by atoms with E-state index in [1.807, 2.05) is 0 Å². The van der Waals surface area contributed by atoms with Crippen molar-refractivity contribution in [2.45, 2.75) is 31.8 Å². The predicted molar refractivity (Wildman–Crippen MR) is 81.1 cm³/mol. The Hall–Kier alpha value is -1.38. The average Bonchev–Trinajstić information content (AvgIpc) is 2.80. The van der Waals surface area contributed by atoms with Crippen LogP contribution in [0, 0.1) is 0 Å². The van der Waals surface area contributed by atoms with Crippen LogP contribution in [0.5, 0.6) is 0 Å². The summed E-state index contributed by atoms with van der Waals surface area (Å²) in [6.45, 7) is 4.51. The fourth-order valence-corrected chi connectivity index (χ4v) is 3.27. The van der Waals surface area contributed by atoms with Gasteiger partial charge in [0.1, 0.15) is 0 Å². The molecule has 2 heteroatoms. The van der Waals surface area contributed by atoms with Gasteiger partial charge in [-0.2, -0.15) is 0 Å². The molecule has 0 amide bonds. The minimum Gasteiger partial charge on any atom is -0.326 e. The molecule has 0 aromatic heterocycles. The fourth-order valence-electron chi connectivity index (χ4n) is 3.27. The number of fused-ring (bicyclic) bond motifs is 1. The van der Waals surface area contributed by atoms with Crippen LogP contribution in [0.3, 0.4) is 0 Å². The second-order valence-electron chi connectivity index (χ2n) is 5.54. The molecule has 0 aliphatic carbocycles. The maximum Gasteiger partial charge on any atom is 0.0499 e. The molecule has 2 N–H and O–H groups in total. The highest BCUT2D eigenvalue weighted by Crippen LogP contribution is 2.32. The zero-order valence-corrected chi connectivity index (χ0v) is 11.5. The van der Waals surface area contributed by atoms with Gasteiger partial charge in [0.2, 0.25) is 0 Å². The first-order valence-corrected chi connectivity index (χ1v) is 7.28. The Bertz CT molecular complexity index is 562. The SMILES string of the molecule is CCCN1CCC(N)C1c1ccc2ccccc2c1. The summed E-state index contributed by atoms with van der Waals surface area (Å²) in [7, 11) is 0. The highest BCUT2D eigenvalue weighted by atomic mass is 15.2. The topological polar surface area (TPSA) is 29.3 Å². The first kappa shape index (κ1) is 12.6. The van der Waals surface area contributed by atoms with E-state index in [-0.39, 0.29) is 6.04 Å². The maximum atomic E-state index is 6.33. The number of rotatable bonds is 3. The van der Waals surface area contributed by atoms with Gasteiger partial charge in [0, 0.05) is 18.6 Å². The average molecular weight is 254 g/mol. The van der Waals surface area contributed by atoms with E-state index in [0.29, 0.717) is 6.04 Å². The number of likely N-dealkylation sites (tertiary alicyclic amines) is 1. The van der Waals surface area contributed by atoms with Gasteiger partial charge in [-0.05, 0) is 41.8 Å². The monoisotopic (exact) mass is 254 g/mol. The minimum absolute atomic E-state index is 0.271. The summed E-state index contributed by atoms with van der Waals surface area (Å²) >= 11 is 0. The Kier molecular flexibility index (Phi) is 3.54. The van der Waals surface area contributed by atoms with Crippen LogP contribution in [0.1, 0.15) is 31.4 Å². The summed E-state index contributed by atoms with van der Waals surface area (Å²) in [5.41, 5.74) is 7.71. The van der Waals surface area contributed by atoms with Gasteiger partial charge in [-0.15, -0.1) is 0 Å². The third kappa shape index (κ3) is 2.38. The van der Waals surface area contributed by atoms with Crippen LogP contribution in [0.25, 0.3) is 10.8 Å². The minimum atomic E-state index is 0.271. The van der Waals surface area contributed by atoms with Crippen LogP contribution < -0.4 is 5.73 Å². The molecule has 1 aliphatic rings. The summed E-state index contributed by atoms with van der Waals surface area (Å²) in [5, 5.41) is 2.62. The van der Waals surface area contributed by atoms with Crippen molar-refractivity contribution in [3.05, 3.63) is 48.0 Å². The van der Waals surface area contributed by atoms with E-state index in [1.54, 1.807) is 0 Å². The highest BCUT2D eigenvalue weighted by Gasteiger charge is 2.32. The molecule has 2 atom stereocenters. The van der Waals surface area contributed by atoms with Gasteiger partial charge in [0.25, 0.3) is 0 Å². The van der Waals surface area contributed by atoms with E-state index in [4.69, 9.17) is 5.73 Å². The Balaban J connectivity index is 1.97. The van der Waals surface area contributed by atoms with E-state index >= 15 is 0 Å². The van der Waals surface area contributed by atoms with E-state index in [0.717, 1.165) is 19.5 Å². The number of hydrogen-bond donors (Lipinski definition) is 1. The highest BCUT2D eigenvalue weighted by molar-refractivity contribution is 5.83. The van der Waals surface area contributed by atoms with E-state index in [9.17, 15) is 0 Å². The maximum absolute atomic E-state index is 6.33. The number of nitrogens with two attached hydrogens (primary N) is 1. The smallest absolute Gasteiger partial charge is 0.0499 e. The molecule has 0 saturated carbocycles. The molecule has 1 saturated heterocycles. The zero-order chi connectivity index (χ0) is 13.2. The van der Waals surface area contributed by atoms with Crippen molar-refractivity contribution in [3.8, 4) is 0 Å². The van der Waals surface area contributed by atoms with Gasteiger partial charge in [-0.1, -0.05) is 43.3 Å². The molecular weight excluding hydrogens is 232 g/mol. The fraction of sp³-hybridized carbons (Fsp3) is 0.412. The number of nitrogens with zero attached hydrogens (tertiary/aromatic N) is 1. The van der Waals surface area contributed by atoms with E-state index in [1.165, 1.54) is 22.8 Å². The van der Waals surface area contributed by atoms with Crippen molar-refractivity contribution >= 4 is 10.8 Å². The van der Waals surface area contributed by atoms with Crippen LogP contribution in [0.2, 0.25) is 0 Å². The normalized spacial score (nSPS) is 24.1. The van der Waals surface area contributed by atoms with Gasteiger partial charge in [-0.3, -0.25) is 4.90 Å². The van der Waals surface area contributed by atoms with Gasteiger partial charge < -0.3 is 5.73 Å². The lowest BCUT2D eigenvalue weighted by Crippen LogP contribution is -2.32. The lowest BCUT2D eigenvalue weighted by atomic mass is 9.97. The largest absolute Gasteiger partial charge is 0.326 e. The van der Waals surface area contributed by atoms with Gasteiger partial charge in [-0.25, -0.2) is 0 Å². The number of benzene rings is 2. The van der Waals surface area contributed by atoms with Crippen LogP contribution in [-0.2, 0) is 0 Å². The van der Waals surface area contributed by atoms with Crippen molar-refractivity contribution in [1.82, 2.24) is 4.90 Å². The molecule has 3 rings (SSSR count). The van der Waals surface area contributed by atoms with Gasteiger partial charge >= 0.3 is 0 Å². The van der Waals surface area contributed by atoms with Crippen LogP contribution in [0.15, 0.2) is 42.5 Å². The Labute approximate surface area is 115 Å². The van der Waals surface area contributed by atoms with Gasteiger partial charge in [0.05, 0.1) is 0 Å². The summed E-state index contributed by atoms with van der Waals surface area (Å²) in [6.07, 6.45) is 2.30. The third-order valence-corrected chi connectivity index (χ3v) is 4.17. The Morgan fingerprint density at radius 1 is 1.16 bits per heavy atom. The van der Waals surface area contributed by atoms with Crippen LogP contribution in [-0.4, -0.2) is 24.0 Å². The number of hydrogen-bond acceptors (Lipinski definition) is 2. The molecule has 2 nitrogen and oxygen atoms in total. The first-order valence-electron chi connectivity index (χ1n) is 7.28. The standard InChI is InChI=1S/C17H22N2/c1-2-10-19-11-9-16(18)17(19)15-8-7-13-5-3-4-6-14(13)12-15/h3-8,12,16-17H,2,9-11,18H2,1H3. The van der Waals surface area contributed by atoms with Crippen LogP contribution >= 0.6 is 0 Å². The van der Waals surface area contributed by atoms with Crippen molar-refractivity contribution in [3.63, 3.8) is 0 Å². The molecule has 2 aromatic carbocycles. The Morgan fingerprint density at radius 3 is 2.74 bits per heavy atom. The lowest BCUT2D eigenvalue weighted by molar-refractivity contribution is 0.248. The molecule has 0 bridgehead atoms. The van der Waals surface area contributed by atoms with Crippen molar-refractivity contribution < 1.29 is 0 Å². The molecule has 2 aromatic rings. The molecule has 1 fully saturated rings. The summed E-state index contributed by atoms with van der Waals surface area (Å²) in [6, 6.07) is 16.0. The molecular formula is C17H22N2. The zero-order valence-electron chi connectivity index (χ0n) is 11.5. The molecule has 2 unspecified atom stereocenters. The second kappa shape index (κ2) is 5.32. The van der Waals surface area contributed by atoms with E-state index < -0.39 is 0 Å². The first-order chi connectivity index (χ1) is 9.29. The van der Waals surface area contributed by atoms with Crippen LogP contribution in [0.4, 0.5) is 0 Å². The second-order valence-corrected chi connectivity index (χ2v) is 5.54. The summed E-state index contributed by atoms with van der Waals surface area (Å²) < 4.78 is 0. The quantitative estimate of drug-likeness (QED) is 0.910. The van der Waals surface area contributed by atoms with Gasteiger partial charge in [0.15, 0.2) is 0 Å². The Morgan fingerprint density at radius 2 is 1.95 bits per heavy atom. The molecule has 0 radical (unpaired) electrons. The van der Waals surface area contributed by atoms with E-state index in [2.05, 4.69) is 54.3 Å². The van der Waals surface area contributed by atoms with Crippen molar-refractivity contribution in [1.29, 1.82) is 0 Å². The third-order valence-electron chi connectivity index (χ3n) is 4.17.